The SMILES string of the molecule is Cl.Cl.NC1CCCC(C(=O)NCc2ccn3ccnc3c2)C1. The number of imidazole rings is 1. The number of fused-ring (bicyclic) bond motifs is 1. The summed E-state index contributed by atoms with van der Waals surface area (Å²) in [6.07, 6.45) is 9.49. The Hall–Kier alpha value is -1.30. The topological polar surface area (TPSA) is 72.4 Å². The number of halogens is 2. The van der Waals surface area contributed by atoms with Crippen LogP contribution < -0.4 is 11.1 Å². The molecular weight excluding hydrogens is 323 g/mol. The summed E-state index contributed by atoms with van der Waals surface area (Å²) in [5.74, 6) is 0.206. The van der Waals surface area contributed by atoms with E-state index in [1.807, 2.05) is 28.9 Å². The van der Waals surface area contributed by atoms with Gasteiger partial charge in [-0.1, -0.05) is 6.42 Å². The molecule has 2 heterocycles. The lowest BCUT2D eigenvalue weighted by Crippen LogP contribution is -2.37. The van der Waals surface area contributed by atoms with Gasteiger partial charge in [0, 0.05) is 37.1 Å². The zero-order chi connectivity index (χ0) is 13.9. The fourth-order valence-electron chi connectivity index (χ4n) is 2.86. The van der Waals surface area contributed by atoms with Crippen molar-refractivity contribution >= 4 is 36.4 Å². The van der Waals surface area contributed by atoms with Gasteiger partial charge in [0.1, 0.15) is 5.65 Å². The Morgan fingerprint density at radius 3 is 2.95 bits per heavy atom. The number of rotatable bonds is 3. The molecule has 0 radical (unpaired) electrons. The van der Waals surface area contributed by atoms with Crippen molar-refractivity contribution in [3.8, 4) is 0 Å². The Balaban J connectivity index is 0.00000121. The third-order valence-corrected chi connectivity index (χ3v) is 4.01. The number of nitrogens with two attached hydrogens (primary N) is 1. The van der Waals surface area contributed by atoms with Gasteiger partial charge >= 0.3 is 0 Å². The first-order chi connectivity index (χ1) is 9.72. The van der Waals surface area contributed by atoms with Gasteiger partial charge in [-0.15, -0.1) is 24.8 Å². The Kier molecular flexibility index (Phi) is 7.13. The first-order valence-electron chi connectivity index (χ1n) is 7.17. The van der Waals surface area contributed by atoms with Crippen molar-refractivity contribution in [2.45, 2.75) is 38.3 Å². The minimum Gasteiger partial charge on any atom is -0.352 e. The molecule has 3 N–H and O–H groups in total. The van der Waals surface area contributed by atoms with Crippen LogP contribution >= 0.6 is 24.8 Å². The van der Waals surface area contributed by atoms with E-state index in [0.29, 0.717) is 6.54 Å². The van der Waals surface area contributed by atoms with Gasteiger partial charge in [0.05, 0.1) is 0 Å². The summed E-state index contributed by atoms with van der Waals surface area (Å²) in [6, 6.07) is 4.18. The summed E-state index contributed by atoms with van der Waals surface area (Å²) in [7, 11) is 0. The van der Waals surface area contributed by atoms with E-state index < -0.39 is 0 Å². The standard InChI is InChI=1S/C15H20N4O.2ClH/c16-13-3-1-2-12(9-13)15(20)18-10-11-4-6-19-7-5-17-14(19)8-11;;/h4-8,12-13H,1-3,9-10,16H2,(H,18,20);2*1H. The molecular formula is C15H22Cl2N4O. The second-order valence-corrected chi connectivity index (χ2v) is 5.57. The van der Waals surface area contributed by atoms with Gasteiger partial charge in [-0.2, -0.15) is 0 Å². The minimum atomic E-state index is 0. The molecule has 2 aromatic heterocycles. The van der Waals surface area contributed by atoms with Crippen LogP contribution in [0, 0.1) is 5.92 Å². The zero-order valence-electron chi connectivity index (χ0n) is 12.3. The van der Waals surface area contributed by atoms with E-state index in [2.05, 4.69) is 10.3 Å². The van der Waals surface area contributed by atoms with E-state index in [4.69, 9.17) is 5.73 Å². The molecule has 1 saturated carbocycles. The summed E-state index contributed by atoms with van der Waals surface area (Å²) in [4.78, 5) is 16.4. The number of amides is 1. The molecule has 0 saturated heterocycles. The Morgan fingerprint density at radius 2 is 2.18 bits per heavy atom. The number of pyridine rings is 1. The predicted octanol–water partition coefficient (Wildman–Crippen LogP) is 2.31. The van der Waals surface area contributed by atoms with Gasteiger partial charge in [-0.25, -0.2) is 4.98 Å². The molecule has 0 aliphatic heterocycles. The van der Waals surface area contributed by atoms with Crippen LogP contribution in [0.5, 0.6) is 0 Å². The maximum atomic E-state index is 12.1. The van der Waals surface area contributed by atoms with Crippen LogP contribution in [0.1, 0.15) is 31.2 Å². The Bertz CT molecular complexity index is 616. The summed E-state index contributed by atoms with van der Waals surface area (Å²) in [6.45, 7) is 0.550. The molecule has 1 fully saturated rings. The Labute approximate surface area is 142 Å². The first-order valence-corrected chi connectivity index (χ1v) is 7.17. The zero-order valence-corrected chi connectivity index (χ0v) is 13.9. The quantitative estimate of drug-likeness (QED) is 0.897. The van der Waals surface area contributed by atoms with E-state index in [1.54, 1.807) is 6.20 Å². The first kappa shape index (κ1) is 18.7. The lowest BCUT2D eigenvalue weighted by Gasteiger charge is -2.25. The van der Waals surface area contributed by atoms with Gasteiger partial charge < -0.3 is 15.5 Å². The van der Waals surface area contributed by atoms with Gasteiger partial charge in [-0.3, -0.25) is 4.79 Å². The van der Waals surface area contributed by atoms with Gasteiger partial charge in [-0.05, 0) is 37.0 Å². The van der Waals surface area contributed by atoms with E-state index >= 15 is 0 Å². The van der Waals surface area contributed by atoms with Crippen LogP contribution in [-0.2, 0) is 11.3 Å². The minimum absolute atomic E-state index is 0. The monoisotopic (exact) mass is 344 g/mol. The van der Waals surface area contributed by atoms with Crippen LogP contribution in [-0.4, -0.2) is 21.3 Å². The van der Waals surface area contributed by atoms with Crippen LogP contribution in [0.2, 0.25) is 0 Å². The predicted molar refractivity (Wildman–Crippen MR) is 91.5 cm³/mol. The normalized spacial score (nSPS) is 20.8. The van der Waals surface area contributed by atoms with Crippen molar-refractivity contribution in [1.29, 1.82) is 0 Å². The molecule has 0 bridgehead atoms. The van der Waals surface area contributed by atoms with Crippen molar-refractivity contribution in [1.82, 2.24) is 14.7 Å². The van der Waals surface area contributed by atoms with Crippen LogP contribution in [0.4, 0.5) is 0 Å². The number of carbonyl (C=O) groups excluding carboxylic acids is 1. The summed E-state index contributed by atoms with van der Waals surface area (Å²) in [5, 5.41) is 3.01. The maximum absolute atomic E-state index is 12.1. The second kappa shape index (κ2) is 8.36. The Morgan fingerprint density at radius 1 is 1.36 bits per heavy atom. The molecule has 1 aliphatic carbocycles. The average Bonchev–Trinajstić information content (AvgIpc) is 2.92. The highest BCUT2D eigenvalue weighted by Gasteiger charge is 2.24. The van der Waals surface area contributed by atoms with Gasteiger partial charge in [0.25, 0.3) is 0 Å². The molecule has 1 amide bonds. The van der Waals surface area contributed by atoms with E-state index in [0.717, 1.165) is 36.9 Å². The third kappa shape index (κ3) is 4.35. The van der Waals surface area contributed by atoms with Crippen LogP contribution in [0.3, 0.4) is 0 Å². The van der Waals surface area contributed by atoms with E-state index in [1.165, 1.54) is 0 Å². The highest BCUT2D eigenvalue weighted by Crippen LogP contribution is 2.23. The number of carbonyl (C=O) groups is 1. The molecule has 2 unspecified atom stereocenters. The fraction of sp³-hybridized carbons (Fsp3) is 0.467. The molecule has 22 heavy (non-hydrogen) atoms. The second-order valence-electron chi connectivity index (χ2n) is 5.57. The number of nitrogens with zero attached hydrogens (tertiary/aromatic N) is 2. The number of aromatic nitrogens is 2. The highest BCUT2D eigenvalue weighted by molar-refractivity contribution is 5.85. The molecule has 3 rings (SSSR count). The molecule has 2 atom stereocenters. The molecule has 1 aliphatic rings. The molecule has 0 aromatic carbocycles. The molecule has 122 valence electrons. The van der Waals surface area contributed by atoms with Crippen molar-refractivity contribution < 1.29 is 4.79 Å². The molecule has 5 nitrogen and oxygen atoms in total. The van der Waals surface area contributed by atoms with Crippen molar-refractivity contribution in [2.24, 2.45) is 11.7 Å². The van der Waals surface area contributed by atoms with Gasteiger partial charge in [0.15, 0.2) is 0 Å². The smallest absolute Gasteiger partial charge is 0.223 e. The van der Waals surface area contributed by atoms with Crippen molar-refractivity contribution in [2.75, 3.05) is 0 Å². The number of hydrogen-bond donors (Lipinski definition) is 2. The highest BCUT2D eigenvalue weighted by atomic mass is 35.5. The molecule has 7 heteroatoms. The summed E-state index contributed by atoms with van der Waals surface area (Å²) < 4.78 is 1.95. The fourth-order valence-corrected chi connectivity index (χ4v) is 2.86. The lowest BCUT2D eigenvalue weighted by molar-refractivity contribution is -0.126. The summed E-state index contributed by atoms with van der Waals surface area (Å²) >= 11 is 0. The molecule has 0 spiro atoms. The van der Waals surface area contributed by atoms with E-state index in [9.17, 15) is 4.79 Å². The third-order valence-electron chi connectivity index (χ3n) is 4.01. The largest absolute Gasteiger partial charge is 0.352 e. The number of nitrogens with one attached hydrogen (secondary N) is 1. The van der Waals surface area contributed by atoms with Crippen molar-refractivity contribution in [3.63, 3.8) is 0 Å². The van der Waals surface area contributed by atoms with Crippen molar-refractivity contribution in [3.05, 3.63) is 36.3 Å². The van der Waals surface area contributed by atoms with Crippen LogP contribution in [0.15, 0.2) is 30.7 Å². The van der Waals surface area contributed by atoms with E-state index in [-0.39, 0.29) is 42.7 Å². The van der Waals surface area contributed by atoms with Crippen LogP contribution in [0.25, 0.3) is 5.65 Å². The lowest BCUT2D eigenvalue weighted by atomic mass is 9.85. The van der Waals surface area contributed by atoms with Gasteiger partial charge in [0.2, 0.25) is 5.91 Å². The average molecular weight is 345 g/mol. The molecule has 2 aromatic rings. The number of hydrogen-bond acceptors (Lipinski definition) is 3. The summed E-state index contributed by atoms with van der Waals surface area (Å²) in [5.41, 5.74) is 7.90. The maximum Gasteiger partial charge on any atom is 0.223 e.